The van der Waals surface area contributed by atoms with E-state index >= 15 is 0 Å². The highest BCUT2D eigenvalue weighted by Crippen LogP contribution is 2.32. The summed E-state index contributed by atoms with van der Waals surface area (Å²) in [6.45, 7) is 0.962. The van der Waals surface area contributed by atoms with Crippen LogP contribution >= 0.6 is 12.4 Å². The van der Waals surface area contributed by atoms with E-state index in [1.807, 2.05) is 0 Å². The van der Waals surface area contributed by atoms with Gasteiger partial charge in [-0.1, -0.05) is 0 Å². The second kappa shape index (κ2) is 6.65. The lowest BCUT2D eigenvalue weighted by Gasteiger charge is -2.30. The first-order valence-corrected chi connectivity index (χ1v) is 6.32. The topological polar surface area (TPSA) is 58.4 Å². The molecule has 2 heterocycles. The number of alkyl halides is 3. The SMILES string of the molecule is Cl.Cn1ncc(CN2CCCC(C(=O)O)C2)c1C(F)(F)F. The van der Waals surface area contributed by atoms with Gasteiger partial charge in [-0.15, -0.1) is 12.4 Å². The zero-order valence-electron chi connectivity index (χ0n) is 11.4. The number of aryl methyl sites for hydroxylation is 1. The molecule has 1 saturated heterocycles. The number of carbonyl (C=O) groups is 1. The number of halogens is 4. The number of hydrogen-bond donors (Lipinski definition) is 1. The molecule has 0 aromatic carbocycles. The Morgan fingerprint density at radius 1 is 1.52 bits per heavy atom. The van der Waals surface area contributed by atoms with Gasteiger partial charge in [-0.2, -0.15) is 18.3 Å². The molecule has 0 spiro atoms. The Balaban J connectivity index is 0.00000220. The predicted octanol–water partition coefficient (Wildman–Crippen LogP) is 2.16. The average molecular weight is 328 g/mol. The molecule has 120 valence electrons. The summed E-state index contributed by atoms with van der Waals surface area (Å²) in [5.74, 6) is -1.40. The van der Waals surface area contributed by atoms with E-state index in [0.717, 1.165) is 4.68 Å². The molecule has 1 atom stereocenters. The first-order chi connectivity index (χ1) is 9.29. The van der Waals surface area contributed by atoms with E-state index in [9.17, 15) is 18.0 Å². The van der Waals surface area contributed by atoms with Crippen molar-refractivity contribution in [2.45, 2.75) is 25.6 Å². The van der Waals surface area contributed by atoms with Crippen LogP contribution in [0, 0.1) is 5.92 Å². The molecule has 0 amide bonds. The molecule has 1 unspecified atom stereocenters. The van der Waals surface area contributed by atoms with E-state index in [1.165, 1.54) is 13.2 Å². The summed E-state index contributed by atoms with van der Waals surface area (Å²) < 4.78 is 39.6. The van der Waals surface area contributed by atoms with Crippen LogP contribution in [-0.2, 0) is 24.6 Å². The Bertz CT molecular complexity index is 504. The fraction of sp³-hybridized carbons (Fsp3) is 0.667. The molecule has 2 rings (SSSR count). The Morgan fingerprint density at radius 2 is 2.19 bits per heavy atom. The molecular formula is C12H17ClF3N3O2. The molecule has 0 aliphatic carbocycles. The van der Waals surface area contributed by atoms with Crippen LogP contribution < -0.4 is 0 Å². The fourth-order valence-electron chi connectivity index (χ4n) is 2.61. The van der Waals surface area contributed by atoms with Crippen LogP contribution in [0.1, 0.15) is 24.1 Å². The molecule has 1 N–H and O–H groups in total. The van der Waals surface area contributed by atoms with E-state index in [-0.39, 0.29) is 31.1 Å². The van der Waals surface area contributed by atoms with Crippen molar-refractivity contribution >= 4 is 18.4 Å². The van der Waals surface area contributed by atoms with Crippen molar-refractivity contribution in [1.29, 1.82) is 0 Å². The summed E-state index contributed by atoms with van der Waals surface area (Å²) in [6, 6.07) is 0. The number of likely N-dealkylation sites (tertiary alicyclic amines) is 1. The van der Waals surface area contributed by atoms with Crippen molar-refractivity contribution in [2.75, 3.05) is 13.1 Å². The van der Waals surface area contributed by atoms with Gasteiger partial charge in [0.1, 0.15) is 5.69 Å². The molecule has 21 heavy (non-hydrogen) atoms. The maximum absolute atomic E-state index is 12.9. The third kappa shape index (κ3) is 4.10. The molecule has 5 nitrogen and oxygen atoms in total. The van der Waals surface area contributed by atoms with Gasteiger partial charge in [0.2, 0.25) is 0 Å². The molecule has 1 fully saturated rings. The molecule has 1 aliphatic rings. The quantitative estimate of drug-likeness (QED) is 0.924. The summed E-state index contributed by atoms with van der Waals surface area (Å²) in [5, 5.41) is 12.6. The van der Waals surface area contributed by atoms with E-state index < -0.39 is 23.8 Å². The van der Waals surface area contributed by atoms with Crippen LogP contribution in [0.5, 0.6) is 0 Å². The van der Waals surface area contributed by atoms with Crippen molar-refractivity contribution < 1.29 is 23.1 Å². The van der Waals surface area contributed by atoms with Gasteiger partial charge in [-0.25, -0.2) is 0 Å². The fourth-order valence-corrected chi connectivity index (χ4v) is 2.61. The van der Waals surface area contributed by atoms with Crippen molar-refractivity contribution in [1.82, 2.24) is 14.7 Å². The zero-order chi connectivity index (χ0) is 14.9. The normalized spacial score (nSPS) is 20.1. The van der Waals surface area contributed by atoms with Gasteiger partial charge in [-0.3, -0.25) is 14.4 Å². The van der Waals surface area contributed by atoms with E-state index in [0.29, 0.717) is 19.4 Å². The largest absolute Gasteiger partial charge is 0.481 e. The van der Waals surface area contributed by atoms with Crippen LogP contribution in [-0.4, -0.2) is 38.8 Å². The van der Waals surface area contributed by atoms with Crippen molar-refractivity contribution in [3.8, 4) is 0 Å². The average Bonchev–Trinajstić information content (AvgIpc) is 2.70. The van der Waals surface area contributed by atoms with E-state index in [2.05, 4.69) is 5.10 Å². The molecule has 0 bridgehead atoms. The van der Waals surface area contributed by atoms with Crippen LogP contribution in [0.3, 0.4) is 0 Å². The molecule has 9 heteroatoms. The van der Waals surface area contributed by atoms with Gasteiger partial charge >= 0.3 is 12.1 Å². The molecular weight excluding hydrogens is 311 g/mol. The van der Waals surface area contributed by atoms with Gasteiger partial charge < -0.3 is 5.11 Å². The standard InChI is InChI=1S/C12H16F3N3O2.ClH/c1-17-10(12(13,14)15)9(5-16-17)7-18-4-2-3-8(6-18)11(19)20;/h5,8H,2-4,6-7H2,1H3,(H,19,20);1H. The van der Waals surface area contributed by atoms with Crippen LogP contribution in [0.25, 0.3) is 0 Å². The number of carboxylic acids is 1. The summed E-state index contributed by atoms with van der Waals surface area (Å²) >= 11 is 0. The maximum atomic E-state index is 12.9. The minimum atomic E-state index is -4.46. The highest BCUT2D eigenvalue weighted by atomic mass is 35.5. The Morgan fingerprint density at radius 3 is 2.76 bits per heavy atom. The molecule has 1 aromatic heterocycles. The number of aliphatic carboxylic acids is 1. The number of carboxylic acid groups (broad SMARTS) is 1. The summed E-state index contributed by atoms with van der Waals surface area (Å²) in [6.07, 6.45) is -2.00. The summed E-state index contributed by atoms with van der Waals surface area (Å²) in [4.78, 5) is 12.7. The van der Waals surface area contributed by atoms with Crippen LogP contribution in [0.2, 0.25) is 0 Å². The summed E-state index contributed by atoms with van der Waals surface area (Å²) in [5.41, 5.74) is -0.680. The Kier molecular flexibility index (Phi) is 5.63. The van der Waals surface area contributed by atoms with Crippen LogP contribution in [0.4, 0.5) is 13.2 Å². The smallest absolute Gasteiger partial charge is 0.433 e. The highest BCUT2D eigenvalue weighted by molar-refractivity contribution is 5.85. The summed E-state index contributed by atoms with van der Waals surface area (Å²) in [7, 11) is 1.25. The monoisotopic (exact) mass is 327 g/mol. The van der Waals surface area contributed by atoms with Gasteiger partial charge in [0.15, 0.2) is 0 Å². The van der Waals surface area contributed by atoms with E-state index in [4.69, 9.17) is 5.11 Å². The van der Waals surface area contributed by atoms with Gasteiger partial charge in [0.05, 0.1) is 12.1 Å². The first-order valence-electron chi connectivity index (χ1n) is 6.32. The molecule has 1 aliphatic heterocycles. The highest BCUT2D eigenvalue weighted by Gasteiger charge is 2.38. The number of aromatic nitrogens is 2. The second-order valence-electron chi connectivity index (χ2n) is 5.05. The second-order valence-corrected chi connectivity index (χ2v) is 5.05. The van der Waals surface area contributed by atoms with Crippen molar-refractivity contribution in [2.24, 2.45) is 13.0 Å². The third-order valence-corrected chi connectivity index (χ3v) is 3.53. The molecule has 1 aromatic rings. The molecule has 0 saturated carbocycles. The number of piperidine rings is 1. The lowest BCUT2D eigenvalue weighted by molar-refractivity contribution is -0.146. The maximum Gasteiger partial charge on any atom is 0.433 e. The first kappa shape index (κ1) is 17.8. The van der Waals surface area contributed by atoms with Gasteiger partial charge in [0.25, 0.3) is 0 Å². The molecule has 0 radical (unpaired) electrons. The van der Waals surface area contributed by atoms with Gasteiger partial charge in [-0.05, 0) is 19.4 Å². The Hall–Kier alpha value is -1.28. The van der Waals surface area contributed by atoms with Gasteiger partial charge in [0, 0.05) is 25.7 Å². The van der Waals surface area contributed by atoms with Crippen molar-refractivity contribution in [3.05, 3.63) is 17.5 Å². The number of rotatable bonds is 3. The minimum Gasteiger partial charge on any atom is -0.481 e. The Labute approximate surface area is 126 Å². The number of hydrogen-bond acceptors (Lipinski definition) is 3. The lowest BCUT2D eigenvalue weighted by Crippen LogP contribution is -2.38. The van der Waals surface area contributed by atoms with E-state index in [1.54, 1.807) is 4.90 Å². The number of nitrogens with zero attached hydrogens (tertiary/aromatic N) is 3. The van der Waals surface area contributed by atoms with Crippen LogP contribution in [0.15, 0.2) is 6.20 Å². The minimum absolute atomic E-state index is 0. The van der Waals surface area contributed by atoms with Crippen molar-refractivity contribution in [3.63, 3.8) is 0 Å². The zero-order valence-corrected chi connectivity index (χ0v) is 12.2. The predicted molar refractivity (Wildman–Crippen MR) is 71.1 cm³/mol. The lowest BCUT2D eigenvalue weighted by atomic mass is 9.98. The third-order valence-electron chi connectivity index (χ3n) is 3.53.